The van der Waals surface area contributed by atoms with Crippen LogP contribution >= 0.6 is 11.6 Å². The van der Waals surface area contributed by atoms with Crippen LogP contribution in [0.3, 0.4) is 0 Å². The Morgan fingerprint density at radius 1 is 1.07 bits per heavy atom. The molecule has 2 aromatic carbocycles. The van der Waals surface area contributed by atoms with Crippen molar-refractivity contribution in [1.82, 2.24) is 14.7 Å². The van der Waals surface area contributed by atoms with E-state index in [0.717, 1.165) is 11.4 Å². The maximum atomic E-state index is 12.8. The minimum Gasteiger partial charge on any atom is -0.504 e. The molecule has 28 heavy (non-hydrogen) atoms. The lowest BCUT2D eigenvalue weighted by atomic mass is 10.1. The van der Waals surface area contributed by atoms with Crippen molar-refractivity contribution in [3.05, 3.63) is 71.5 Å². The Balaban J connectivity index is 1.39. The van der Waals surface area contributed by atoms with Crippen LogP contribution in [0.2, 0.25) is 5.02 Å². The van der Waals surface area contributed by atoms with Gasteiger partial charge in [0.25, 0.3) is 5.91 Å². The Hall–Kier alpha value is -2.99. The molecule has 2 heterocycles. The minimum absolute atomic E-state index is 0.0423. The molecule has 1 N–H and O–H groups in total. The number of aromatic nitrogens is 2. The lowest BCUT2D eigenvalue weighted by Crippen LogP contribution is -2.42. The average Bonchev–Trinajstić information content (AvgIpc) is 3.12. The van der Waals surface area contributed by atoms with Crippen molar-refractivity contribution in [2.45, 2.75) is 18.9 Å². The minimum atomic E-state index is -0.267. The zero-order chi connectivity index (χ0) is 19.5. The maximum absolute atomic E-state index is 12.8. The van der Waals surface area contributed by atoms with Crippen molar-refractivity contribution in [1.29, 1.82) is 0 Å². The molecule has 3 aromatic rings. The van der Waals surface area contributed by atoms with Gasteiger partial charge in [-0.05, 0) is 36.4 Å². The van der Waals surface area contributed by atoms with Crippen LogP contribution in [-0.2, 0) is 0 Å². The van der Waals surface area contributed by atoms with E-state index in [1.54, 1.807) is 17.0 Å². The van der Waals surface area contributed by atoms with Gasteiger partial charge in [0.05, 0.1) is 11.9 Å². The summed E-state index contributed by atoms with van der Waals surface area (Å²) in [7, 11) is 0. The highest BCUT2D eigenvalue weighted by molar-refractivity contribution is 6.30. The van der Waals surface area contributed by atoms with Crippen molar-refractivity contribution in [3.63, 3.8) is 0 Å². The van der Waals surface area contributed by atoms with Gasteiger partial charge in [-0.25, -0.2) is 4.68 Å². The summed E-state index contributed by atoms with van der Waals surface area (Å²) in [4.78, 5) is 14.5. The molecule has 7 heteroatoms. The van der Waals surface area contributed by atoms with Crippen LogP contribution in [0, 0.1) is 0 Å². The molecule has 1 aromatic heterocycles. The SMILES string of the molecule is O=C(c1nn(-c2ccccc2)cc1O)N1CCC(Oc2ccc(Cl)cc2)CC1. The number of aromatic hydroxyl groups is 1. The summed E-state index contributed by atoms with van der Waals surface area (Å²) in [6.07, 6.45) is 2.93. The third-order valence-corrected chi connectivity index (χ3v) is 5.02. The van der Waals surface area contributed by atoms with E-state index in [4.69, 9.17) is 16.3 Å². The van der Waals surface area contributed by atoms with Crippen molar-refractivity contribution in [3.8, 4) is 17.2 Å². The van der Waals surface area contributed by atoms with Crippen molar-refractivity contribution < 1.29 is 14.6 Å². The van der Waals surface area contributed by atoms with Gasteiger partial charge in [-0.15, -0.1) is 0 Å². The number of para-hydroxylation sites is 1. The van der Waals surface area contributed by atoms with Crippen LogP contribution in [0.1, 0.15) is 23.3 Å². The molecule has 0 radical (unpaired) electrons. The van der Waals surface area contributed by atoms with E-state index in [1.807, 2.05) is 42.5 Å². The summed E-state index contributed by atoms with van der Waals surface area (Å²) >= 11 is 5.89. The monoisotopic (exact) mass is 397 g/mol. The second-order valence-electron chi connectivity index (χ2n) is 6.71. The number of benzene rings is 2. The molecular formula is C21H20ClN3O3. The van der Waals surface area contributed by atoms with Crippen LogP contribution in [0.4, 0.5) is 0 Å². The van der Waals surface area contributed by atoms with Crippen molar-refractivity contribution >= 4 is 17.5 Å². The molecule has 0 spiro atoms. The second-order valence-corrected chi connectivity index (χ2v) is 7.14. The van der Waals surface area contributed by atoms with Gasteiger partial charge in [-0.2, -0.15) is 5.10 Å². The number of piperidine rings is 1. The number of nitrogens with zero attached hydrogens (tertiary/aromatic N) is 3. The number of likely N-dealkylation sites (tertiary alicyclic amines) is 1. The lowest BCUT2D eigenvalue weighted by molar-refractivity contribution is 0.0587. The quantitative estimate of drug-likeness (QED) is 0.724. The van der Waals surface area contributed by atoms with Crippen molar-refractivity contribution in [2.75, 3.05) is 13.1 Å². The molecular weight excluding hydrogens is 378 g/mol. The lowest BCUT2D eigenvalue weighted by Gasteiger charge is -2.31. The fraction of sp³-hybridized carbons (Fsp3) is 0.238. The fourth-order valence-corrected chi connectivity index (χ4v) is 3.39. The molecule has 1 aliphatic heterocycles. The summed E-state index contributed by atoms with van der Waals surface area (Å²) < 4.78 is 7.48. The number of amides is 1. The summed E-state index contributed by atoms with van der Waals surface area (Å²) in [6.45, 7) is 1.10. The molecule has 4 rings (SSSR count). The molecule has 1 fully saturated rings. The second kappa shape index (κ2) is 7.94. The van der Waals surface area contributed by atoms with Crippen molar-refractivity contribution in [2.24, 2.45) is 0 Å². The Morgan fingerprint density at radius 3 is 2.43 bits per heavy atom. The Kier molecular flexibility index (Phi) is 5.21. The Labute approximate surface area is 167 Å². The van der Waals surface area contributed by atoms with E-state index in [9.17, 15) is 9.90 Å². The number of carbonyl (C=O) groups is 1. The van der Waals surface area contributed by atoms with Gasteiger partial charge in [0.2, 0.25) is 0 Å². The number of halogens is 1. The molecule has 0 saturated carbocycles. The van der Waals surface area contributed by atoms with E-state index in [-0.39, 0.29) is 23.5 Å². The Bertz CT molecular complexity index is 949. The molecule has 1 amide bonds. The first-order valence-corrected chi connectivity index (χ1v) is 9.53. The topological polar surface area (TPSA) is 67.6 Å². The number of hydrogen-bond donors (Lipinski definition) is 1. The molecule has 1 saturated heterocycles. The van der Waals surface area contributed by atoms with Gasteiger partial charge in [0, 0.05) is 31.0 Å². The van der Waals surface area contributed by atoms with Gasteiger partial charge in [0.15, 0.2) is 11.4 Å². The van der Waals surface area contributed by atoms with Gasteiger partial charge >= 0.3 is 0 Å². The summed E-state index contributed by atoms with van der Waals surface area (Å²) in [5.41, 5.74) is 0.854. The zero-order valence-corrected chi connectivity index (χ0v) is 15.9. The van der Waals surface area contributed by atoms with Crippen LogP contribution in [0.25, 0.3) is 5.69 Å². The van der Waals surface area contributed by atoms with Crippen LogP contribution in [0.5, 0.6) is 11.5 Å². The molecule has 6 nitrogen and oxygen atoms in total. The highest BCUT2D eigenvalue weighted by Crippen LogP contribution is 2.24. The largest absolute Gasteiger partial charge is 0.504 e. The van der Waals surface area contributed by atoms with Gasteiger partial charge < -0.3 is 14.7 Å². The molecule has 0 atom stereocenters. The predicted octanol–water partition coefficient (Wildman–Crippen LogP) is 3.91. The zero-order valence-electron chi connectivity index (χ0n) is 15.2. The van der Waals surface area contributed by atoms with E-state index in [2.05, 4.69) is 5.10 Å². The third kappa shape index (κ3) is 3.97. The van der Waals surface area contributed by atoms with Crippen LogP contribution in [0.15, 0.2) is 60.8 Å². The fourth-order valence-electron chi connectivity index (χ4n) is 3.26. The highest BCUT2D eigenvalue weighted by Gasteiger charge is 2.28. The molecule has 0 aliphatic carbocycles. The molecule has 1 aliphatic rings. The van der Waals surface area contributed by atoms with Gasteiger partial charge in [-0.3, -0.25) is 4.79 Å². The highest BCUT2D eigenvalue weighted by atomic mass is 35.5. The smallest absolute Gasteiger partial charge is 0.278 e. The standard InChI is InChI=1S/C21H20ClN3O3/c22-15-6-8-17(9-7-15)28-18-10-12-24(13-11-18)21(27)20-19(26)14-25(23-20)16-4-2-1-3-5-16/h1-9,14,18,26H,10-13H2. The van der Waals surface area contributed by atoms with Gasteiger partial charge in [-0.1, -0.05) is 29.8 Å². The number of rotatable bonds is 4. The first-order valence-electron chi connectivity index (χ1n) is 9.16. The Morgan fingerprint density at radius 2 is 1.75 bits per heavy atom. The summed E-state index contributed by atoms with van der Waals surface area (Å²) in [6, 6.07) is 16.6. The van der Waals surface area contributed by atoms with Crippen LogP contribution < -0.4 is 4.74 Å². The average molecular weight is 398 g/mol. The summed E-state index contributed by atoms with van der Waals surface area (Å²) in [5.74, 6) is 0.388. The number of hydrogen-bond acceptors (Lipinski definition) is 4. The normalized spacial score (nSPS) is 14.8. The van der Waals surface area contributed by atoms with Gasteiger partial charge in [0.1, 0.15) is 11.9 Å². The first-order chi connectivity index (χ1) is 13.6. The first kappa shape index (κ1) is 18.4. The van der Waals surface area contributed by atoms with E-state index in [1.165, 1.54) is 10.9 Å². The van der Waals surface area contributed by atoms with Crippen LogP contribution in [-0.4, -0.2) is 44.9 Å². The third-order valence-electron chi connectivity index (χ3n) is 4.76. The molecule has 0 bridgehead atoms. The molecule has 144 valence electrons. The van der Waals surface area contributed by atoms with E-state index in [0.29, 0.717) is 31.0 Å². The number of ether oxygens (including phenoxy) is 1. The summed E-state index contributed by atoms with van der Waals surface area (Å²) in [5, 5.41) is 15.1. The predicted molar refractivity (Wildman–Crippen MR) is 106 cm³/mol. The van der Waals surface area contributed by atoms with E-state index < -0.39 is 0 Å². The van der Waals surface area contributed by atoms with E-state index >= 15 is 0 Å². The molecule has 0 unspecified atom stereocenters. The number of carbonyl (C=O) groups excluding carboxylic acids is 1. The maximum Gasteiger partial charge on any atom is 0.278 e.